The van der Waals surface area contributed by atoms with E-state index in [4.69, 9.17) is 4.74 Å². The zero-order valence-corrected chi connectivity index (χ0v) is 13.6. The van der Waals surface area contributed by atoms with Gasteiger partial charge in [-0.2, -0.15) is 0 Å². The third kappa shape index (κ3) is 4.84. The molecule has 2 unspecified atom stereocenters. The summed E-state index contributed by atoms with van der Waals surface area (Å²) in [5.41, 5.74) is 1.17. The summed E-state index contributed by atoms with van der Waals surface area (Å²) in [6.45, 7) is 11.6. The second kappa shape index (κ2) is 6.79. The van der Waals surface area contributed by atoms with E-state index in [0.717, 1.165) is 10.7 Å². The summed E-state index contributed by atoms with van der Waals surface area (Å²) < 4.78 is 4.91. The number of aryl methyl sites for hydroxylation is 1. The molecule has 19 heavy (non-hydrogen) atoms. The highest BCUT2D eigenvalue weighted by Gasteiger charge is 2.22. The highest BCUT2D eigenvalue weighted by molar-refractivity contribution is 7.12. The normalized spacial score (nSPS) is 15.5. The Labute approximate surface area is 120 Å². The minimum absolute atomic E-state index is 0.0863. The molecule has 0 spiro atoms. The topological polar surface area (TPSA) is 54.4 Å². The molecular formula is C14H26N2O2S. The molecule has 4 nitrogen and oxygen atoms in total. The van der Waals surface area contributed by atoms with Crippen molar-refractivity contribution in [3.63, 3.8) is 0 Å². The van der Waals surface area contributed by atoms with Crippen molar-refractivity contribution in [2.45, 2.75) is 52.2 Å². The number of aliphatic hydroxyl groups excluding tert-OH is 1. The summed E-state index contributed by atoms with van der Waals surface area (Å²) >= 11 is 1.75. The molecule has 5 heteroatoms. The molecule has 0 saturated carbocycles. The third-order valence-electron chi connectivity index (χ3n) is 2.89. The van der Waals surface area contributed by atoms with Crippen LogP contribution in [0, 0.1) is 6.92 Å². The zero-order chi connectivity index (χ0) is 14.6. The first-order valence-corrected chi connectivity index (χ1v) is 7.45. The number of ether oxygens (including phenoxy) is 1. The van der Waals surface area contributed by atoms with E-state index in [-0.39, 0.29) is 11.5 Å². The third-order valence-corrected chi connectivity index (χ3v) is 4.65. The van der Waals surface area contributed by atoms with Gasteiger partial charge in [-0.05, 0) is 13.8 Å². The first kappa shape index (κ1) is 16.6. The average molecular weight is 286 g/mol. The van der Waals surface area contributed by atoms with Gasteiger partial charge in [0.25, 0.3) is 0 Å². The summed E-state index contributed by atoms with van der Waals surface area (Å²) in [5, 5.41) is 14.1. The number of nitrogens with one attached hydrogen (secondary N) is 1. The van der Waals surface area contributed by atoms with Crippen LogP contribution in [0.1, 0.15) is 49.3 Å². The van der Waals surface area contributed by atoms with E-state index in [1.54, 1.807) is 18.4 Å². The fourth-order valence-corrected chi connectivity index (χ4v) is 2.94. The minimum atomic E-state index is -0.470. The Hall–Kier alpha value is -0.490. The number of rotatable bonds is 6. The van der Waals surface area contributed by atoms with Crippen LogP contribution in [0.2, 0.25) is 0 Å². The predicted octanol–water partition coefficient (Wildman–Crippen LogP) is 2.41. The maximum absolute atomic E-state index is 9.65. The fourth-order valence-electron chi connectivity index (χ4n) is 1.79. The van der Waals surface area contributed by atoms with Gasteiger partial charge >= 0.3 is 0 Å². The molecule has 1 aromatic rings. The smallest absolute Gasteiger partial charge is 0.0985 e. The lowest BCUT2D eigenvalue weighted by Gasteiger charge is -2.16. The maximum atomic E-state index is 9.65. The largest absolute Gasteiger partial charge is 0.389 e. The molecule has 0 bridgehead atoms. The number of methoxy groups -OCH3 is 1. The van der Waals surface area contributed by atoms with Crippen molar-refractivity contribution in [2.24, 2.45) is 0 Å². The number of thiazole rings is 1. The Morgan fingerprint density at radius 2 is 2.05 bits per heavy atom. The molecular weight excluding hydrogens is 260 g/mol. The lowest BCUT2D eigenvalue weighted by atomic mass is 9.98. The Morgan fingerprint density at radius 1 is 1.42 bits per heavy atom. The van der Waals surface area contributed by atoms with Crippen LogP contribution in [-0.4, -0.2) is 36.5 Å². The second-order valence-electron chi connectivity index (χ2n) is 5.96. The van der Waals surface area contributed by atoms with Gasteiger partial charge in [0, 0.05) is 30.0 Å². The van der Waals surface area contributed by atoms with Crippen LogP contribution in [0.15, 0.2) is 0 Å². The van der Waals surface area contributed by atoms with Crippen molar-refractivity contribution >= 4 is 11.3 Å². The van der Waals surface area contributed by atoms with Gasteiger partial charge in [-0.3, -0.25) is 0 Å². The van der Waals surface area contributed by atoms with E-state index in [1.165, 1.54) is 4.88 Å². The van der Waals surface area contributed by atoms with Gasteiger partial charge in [0.2, 0.25) is 0 Å². The van der Waals surface area contributed by atoms with Gasteiger partial charge < -0.3 is 15.2 Å². The first-order chi connectivity index (χ1) is 8.75. The first-order valence-electron chi connectivity index (χ1n) is 6.64. The van der Waals surface area contributed by atoms with Crippen LogP contribution in [0.5, 0.6) is 0 Å². The van der Waals surface area contributed by atoms with Crippen molar-refractivity contribution < 1.29 is 9.84 Å². The molecule has 0 aromatic carbocycles. The molecule has 0 aliphatic heterocycles. The van der Waals surface area contributed by atoms with Crippen LogP contribution in [0.25, 0.3) is 0 Å². The molecule has 110 valence electrons. The van der Waals surface area contributed by atoms with Gasteiger partial charge in [-0.1, -0.05) is 20.8 Å². The predicted molar refractivity (Wildman–Crippen MR) is 79.9 cm³/mol. The van der Waals surface area contributed by atoms with Crippen LogP contribution in [0.3, 0.4) is 0 Å². The molecule has 1 heterocycles. The van der Waals surface area contributed by atoms with Crippen molar-refractivity contribution in [2.75, 3.05) is 20.3 Å². The molecule has 0 saturated heterocycles. The van der Waals surface area contributed by atoms with E-state index in [2.05, 4.69) is 38.0 Å². The van der Waals surface area contributed by atoms with Gasteiger partial charge in [-0.25, -0.2) is 4.98 Å². The summed E-state index contributed by atoms with van der Waals surface area (Å²) in [6, 6.07) is 0.195. The summed E-state index contributed by atoms with van der Waals surface area (Å²) in [5.74, 6) is 0. The maximum Gasteiger partial charge on any atom is 0.0985 e. The van der Waals surface area contributed by atoms with Crippen molar-refractivity contribution in [1.29, 1.82) is 0 Å². The highest BCUT2D eigenvalue weighted by atomic mass is 32.1. The van der Waals surface area contributed by atoms with Crippen molar-refractivity contribution in [3.05, 3.63) is 15.6 Å². The molecule has 0 aliphatic carbocycles. The van der Waals surface area contributed by atoms with E-state index in [9.17, 15) is 5.11 Å². The van der Waals surface area contributed by atoms with Crippen molar-refractivity contribution in [1.82, 2.24) is 10.3 Å². The van der Waals surface area contributed by atoms with Crippen LogP contribution >= 0.6 is 11.3 Å². The number of nitrogens with zero attached hydrogens (tertiary/aromatic N) is 1. The molecule has 0 fully saturated rings. The Kier molecular flexibility index (Phi) is 5.92. The van der Waals surface area contributed by atoms with E-state index < -0.39 is 6.10 Å². The van der Waals surface area contributed by atoms with Crippen LogP contribution in [0.4, 0.5) is 0 Å². The highest BCUT2D eigenvalue weighted by Crippen LogP contribution is 2.32. The van der Waals surface area contributed by atoms with E-state index >= 15 is 0 Å². The van der Waals surface area contributed by atoms with E-state index in [0.29, 0.717) is 13.2 Å². The van der Waals surface area contributed by atoms with Gasteiger partial charge in [0.15, 0.2) is 0 Å². The summed E-state index contributed by atoms with van der Waals surface area (Å²) in [7, 11) is 1.59. The SMILES string of the molecule is COCC(O)CNC(C)c1sc(C(C)(C)C)nc1C. The van der Waals surface area contributed by atoms with Crippen LogP contribution < -0.4 is 5.32 Å². The molecule has 0 amide bonds. The number of aliphatic hydroxyl groups is 1. The average Bonchev–Trinajstić information content (AvgIpc) is 2.68. The molecule has 0 aliphatic rings. The molecule has 0 radical (unpaired) electrons. The molecule has 1 aromatic heterocycles. The fraction of sp³-hybridized carbons (Fsp3) is 0.786. The number of hydrogen-bond acceptors (Lipinski definition) is 5. The lowest BCUT2D eigenvalue weighted by Crippen LogP contribution is -2.31. The molecule has 2 N–H and O–H groups in total. The number of hydrogen-bond donors (Lipinski definition) is 2. The molecule has 1 rings (SSSR count). The lowest BCUT2D eigenvalue weighted by molar-refractivity contribution is 0.0631. The van der Waals surface area contributed by atoms with Crippen molar-refractivity contribution in [3.8, 4) is 0 Å². The molecule has 2 atom stereocenters. The standard InChI is InChI=1S/C14H26N2O2S/c1-9(15-7-11(17)8-18-6)12-10(2)16-13(19-12)14(3,4)5/h9,11,15,17H,7-8H2,1-6H3. The zero-order valence-electron chi connectivity index (χ0n) is 12.8. The summed E-state index contributed by atoms with van der Waals surface area (Å²) in [6.07, 6.45) is -0.470. The minimum Gasteiger partial charge on any atom is -0.389 e. The summed E-state index contributed by atoms with van der Waals surface area (Å²) in [4.78, 5) is 5.90. The second-order valence-corrected chi connectivity index (χ2v) is 6.99. The van der Waals surface area contributed by atoms with E-state index in [1.807, 2.05) is 6.92 Å². The van der Waals surface area contributed by atoms with Gasteiger partial charge in [-0.15, -0.1) is 11.3 Å². The Morgan fingerprint density at radius 3 is 2.53 bits per heavy atom. The monoisotopic (exact) mass is 286 g/mol. The van der Waals surface area contributed by atoms with Gasteiger partial charge in [0.1, 0.15) is 0 Å². The van der Waals surface area contributed by atoms with Crippen LogP contribution in [-0.2, 0) is 10.2 Å². The number of aromatic nitrogens is 1. The Balaban J connectivity index is 2.67. The quantitative estimate of drug-likeness (QED) is 0.843. The van der Waals surface area contributed by atoms with Gasteiger partial charge in [0.05, 0.1) is 23.4 Å². The Bertz CT molecular complexity index is 399.